The topological polar surface area (TPSA) is 84.9 Å². The van der Waals surface area contributed by atoms with Crippen LogP contribution in [0.15, 0.2) is 18.2 Å². The quantitative estimate of drug-likeness (QED) is 0.743. The van der Waals surface area contributed by atoms with E-state index in [9.17, 15) is 9.59 Å². The van der Waals surface area contributed by atoms with Crippen molar-refractivity contribution in [3.63, 3.8) is 0 Å². The number of aliphatic carboxylic acids is 1. The van der Waals surface area contributed by atoms with Gasteiger partial charge in [0.1, 0.15) is 11.5 Å². The first-order valence-corrected chi connectivity index (χ1v) is 4.80. The molecular formula is C11H13NO5. The van der Waals surface area contributed by atoms with Crippen LogP contribution in [-0.4, -0.2) is 31.2 Å². The molecule has 0 spiro atoms. The first-order valence-electron chi connectivity index (χ1n) is 4.80. The number of carbonyl (C=O) groups is 2. The van der Waals surface area contributed by atoms with Gasteiger partial charge in [0.25, 0.3) is 0 Å². The summed E-state index contributed by atoms with van der Waals surface area (Å²) in [5.74, 6) is -1.43. The Labute approximate surface area is 98.2 Å². The lowest BCUT2D eigenvalue weighted by Crippen LogP contribution is -2.30. The molecular weight excluding hydrogens is 226 g/mol. The number of rotatable bonds is 4. The van der Waals surface area contributed by atoms with E-state index in [1.165, 1.54) is 14.2 Å². The number of ether oxygens (including phenoxy) is 2. The SMILES string of the molecule is COc1ccc(CNC(=O)C(=O)O)c(OC)c1. The zero-order chi connectivity index (χ0) is 12.8. The predicted molar refractivity (Wildman–Crippen MR) is 59.0 cm³/mol. The van der Waals surface area contributed by atoms with Crippen molar-refractivity contribution in [2.24, 2.45) is 0 Å². The molecule has 0 aliphatic rings. The first-order chi connectivity index (χ1) is 8.08. The molecule has 17 heavy (non-hydrogen) atoms. The van der Waals surface area contributed by atoms with E-state index in [1.807, 2.05) is 0 Å². The molecule has 0 bridgehead atoms. The summed E-state index contributed by atoms with van der Waals surface area (Å²) in [6.45, 7) is 0.0816. The summed E-state index contributed by atoms with van der Waals surface area (Å²) < 4.78 is 10.1. The highest BCUT2D eigenvalue weighted by molar-refractivity contribution is 6.31. The maximum Gasteiger partial charge on any atom is 0.394 e. The highest BCUT2D eigenvalue weighted by Gasteiger charge is 2.12. The van der Waals surface area contributed by atoms with Gasteiger partial charge in [-0.25, -0.2) is 4.79 Å². The molecule has 1 aromatic rings. The van der Waals surface area contributed by atoms with E-state index in [0.717, 1.165) is 0 Å². The van der Waals surface area contributed by atoms with Gasteiger partial charge in [0.05, 0.1) is 14.2 Å². The predicted octanol–water partition coefficient (Wildman–Crippen LogP) is 0.405. The number of nitrogens with one attached hydrogen (secondary N) is 1. The second kappa shape index (κ2) is 5.74. The number of carbonyl (C=O) groups excluding carboxylic acids is 1. The van der Waals surface area contributed by atoms with Crippen LogP contribution in [0.25, 0.3) is 0 Å². The van der Waals surface area contributed by atoms with E-state index in [4.69, 9.17) is 14.6 Å². The minimum atomic E-state index is -1.52. The summed E-state index contributed by atoms with van der Waals surface area (Å²) in [7, 11) is 3.01. The minimum Gasteiger partial charge on any atom is -0.497 e. The molecule has 0 saturated heterocycles. The Morgan fingerprint density at radius 2 is 2.00 bits per heavy atom. The lowest BCUT2D eigenvalue weighted by molar-refractivity contribution is -0.150. The minimum absolute atomic E-state index is 0.0816. The molecule has 0 heterocycles. The van der Waals surface area contributed by atoms with Gasteiger partial charge in [-0.1, -0.05) is 0 Å². The average molecular weight is 239 g/mol. The number of benzene rings is 1. The van der Waals surface area contributed by atoms with Gasteiger partial charge in [0.2, 0.25) is 0 Å². The molecule has 1 amide bonds. The van der Waals surface area contributed by atoms with Crippen molar-refractivity contribution in [1.82, 2.24) is 5.32 Å². The van der Waals surface area contributed by atoms with Gasteiger partial charge in [-0.3, -0.25) is 4.79 Å². The summed E-state index contributed by atoms with van der Waals surface area (Å²) in [4.78, 5) is 21.2. The van der Waals surface area contributed by atoms with Crippen molar-refractivity contribution in [2.75, 3.05) is 14.2 Å². The van der Waals surface area contributed by atoms with Gasteiger partial charge < -0.3 is 19.9 Å². The molecule has 0 radical (unpaired) electrons. The van der Waals surface area contributed by atoms with Crippen molar-refractivity contribution in [3.05, 3.63) is 23.8 Å². The van der Waals surface area contributed by atoms with Crippen molar-refractivity contribution >= 4 is 11.9 Å². The third kappa shape index (κ3) is 3.37. The summed E-state index contributed by atoms with van der Waals surface area (Å²) in [5.41, 5.74) is 0.669. The number of methoxy groups -OCH3 is 2. The fourth-order valence-corrected chi connectivity index (χ4v) is 1.25. The maximum absolute atomic E-state index is 10.9. The van der Waals surface area contributed by atoms with Crippen LogP contribution in [0.1, 0.15) is 5.56 Å². The van der Waals surface area contributed by atoms with E-state index in [0.29, 0.717) is 17.1 Å². The first kappa shape index (κ1) is 12.8. The van der Waals surface area contributed by atoms with Crippen molar-refractivity contribution in [1.29, 1.82) is 0 Å². The Kier molecular flexibility index (Phi) is 4.33. The average Bonchev–Trinajstić information content (AvgIpc) is 2.35. The molecule has 0 fully saturated rings. The van der Waals surface area contributed by atoms with Crippen LogP contribution in [0.5, 0.6) is 11.5 Å². The van der Waals surface area contributed by atoms with Crippen molar-refractivity contribution in [3.8, 4) is 11.5 Å². The van der Waals surface area contributed by atoms with Gasteiger partial charge in [-0.05, 0) is 12.1 Å². The third-order valence-corrected chi connectivity index (χ3v) is 2.13. The zero-order valence-electron chi connectivity index (χ0n) is 9.52. The molecule has 0 aliphatic carbocycles. The summed E-state index contributed by atoms with van der Waals surface area (Å²) in [5, 5.41) is 10.7. The number of hydrogen-bond donors (Lipinski definition) is 2. The van der Waals surface area contributed by atoms with Crippen LogP contribution < -0.4 is 14.8 Å². The molecule has 0 atom stereocenters. The molecule has 2 N–H and O–H groups in total. The standard InChI is InChI=1S/C11H13NO5/c1-16-8-4-3-7(9(5-8)17-2)6-12-10(13)11(14)15/h3-5H,6H2,1-2H3,(H,12,13)(H,14,15). The van der Waals surface area contributed by atoms with Gasteiger partial charge >= 0.3 is 11.9 Å². The second-order valence-electron chi connectivity index (χ2n) is 3.17. The molecule has 0 aliphatic heterocycles. The molecule has 92 valence electrons. The highest BCUT2D eigenvalue weighted by atomic mass is 16.5. The summed E-state index contributed by atoms with van der Waals surface area (Å²) in [6.07, 6.45) is 0. The van der Waals surface area contributed by atoms with E-state index in [2.05, 4.69) is 5.32 Å². The summed E-state index contributed by atoms with van der Waals surface area (Å²) >= 11 is 0. The lowest BCUT2D eigenvalue weighted by Gasteiger charge is -2.10. The van der Waals surface area contributed by atoms with E-state index in [-0.39, 0.29) is 6.54 Å². The van der Waals surface area contributed by atoms with Gasteiger partial charge in [0, 0.05) is 18.2 Å². The smallest absolute Gasteiger partial charge is 0.394 e. The number of hydrogen-bond acceptors (Lipinski definition) is 4. The van der Waals surface area contributed by atoms with Gasteiger partial charge in [-0.2, -0.15) is 0 Å². The number of carboxylic acid groups (broad SMARTS) is 1. The van der Waals surface area contributed by atoms with Gasteiger partial charge in [-0.15, -0.1) is 0 Å². The van der Waals surface area contributed by atoms with Crippen molar-refractivity contribution in [2.45, 2.75) is 6.54 Å². The Morgan fingerprint density at radius 1 is 1.29 bits per heavy atom. The van der Waals surface area contributed by atoms with E-state index < -0.39 is 11.9 Å². The van der Waals surface area contributed by atoms with Crippen LogP contribution in [-0.2, 0) is 16.1 Å². The van der Waals surface area contributed by atoms with Crippen LogP contribution in [0.4, 0.5) is 0 Å². The van der Waals surface area contributed by atoms with Crippen LogP contribution in [0, 0.1) is 0 Å². The molecule has 6 heteroatoms. The molecule has 0 unspecified atom stereocenters. The van der Waals surface area contributed by atoms with E-state index >= 15 is 0 Å². The van der Waals surface area contributed by atoms with Crippen LogP contribution in [0.2, 0.25) is 0 Å². The van der Waals surface area contributed by atoms with Crippen LogP contribution >= 0.6 is 0 Å². The Balaban J connectivity index is 2.77. The van der Waals surface area contributed by atoms with Crippen molar-refractivity contribution < 1.29 is 24.2 Å². The summed E-state index contributed by atoms with van der Waals surface area (Å²) in [6, 6.07) is 5.05. The zero-order valence-corrected chi connectivity index (χ0v) is 9.52. The molecule has 0 saturated carbocycles. The molecule has 0 aromatic heterocycles. The third-order valence-electron chi connectivity index (χ3n) is 2.13. The largest absolute Gasteiger partial charge is 0.497 e. The Hall–Kier alpha value is -2.24. The monoisotopic (exact) mass is 239 g/mol. The number of carboxylic acids is 1. The Morgan fingerprint density at radius 3 is 2.53 bits per heavy atom. The molecule has 1 rings (SSSR count). The highest BCUT2D eigenvalue weighted by Crippen LogP contribution is 2.24. The Bertz CT molecular complexity index is 430. The normalized spacial score (nSPS) is 9.53. The lowest BCUT2D eigenvalue weighted by atomic mass is 10.2. The van der Waals surface area contributed by atoms with Crippen LogP contribution in [0.3, 0.4) is 0 Å². The fraction of sp³-hybridized carbons (Fsp3) is 0.273. The molecule has 6 nitrogen and oxygen atoms in total. The number of amides is 1. The van der Waals surface area contributed by atoms with Gasteiger partial charge in [0.15, 0.2) is 0 Å². The fourth-order valence-electron chi connectivity index (χ4n) is 1.25. The molecule has 1 aromatic carbocycles. The van der Waals surface area contributed by atoms with E-state index in [1.54, 1.807) is 18.2 Å². The second-order valence-corrected chi connectivity index (χ2v) is 3.17. The maximum atomic E-state index is 10.9.